The Morgan fingerprint density at radius 1 is 1.33 bits per heavy atom. The second-order valence-corrected chi connectivity index (χ2v) is 5.97. The van der Waals surface area contributed by atoms with Crippen LogP contribution in [0.4, 0.5) is 0 Å². The highest BCUT2D eigenvalue weighted by molar-refractivity contribution is 5.78. The summed E-state index contributed by atoms with van der Waals surface area (Å²) in [4.78, 5) is 14.1. The second-order valence-electron chi connectivity index (χ2n) is 5.97. The van der Waals surface area contributed by atoms with Crippen molar-refractivity contribution in [1.82, 2.24) is 10.2 Å². The first kappa shape index (κ1) is 14.0. The first-order valence-electron chi connectivity index (χ1n) is 7.29. The lowest BCUT2D eigenvalue weighted by Crippen LogP contribution is -2.57. The predicted octanol–water partition coefficient (Wildman–Crippen LogP) is 0.755. The van der Waals surface area contributed by atoms with Crippen molar-refractivity contribution in [2.75, 3.05) is 20.1 Å². The zero-order chi connectivity index (χ0) is 13.1. The van der Waals surface area contributed by atoms with Crippen LogP contribution >= 0.6 is 0 Å². The minimum absolute atomic E-state index is 0.241. The minimum Gasteiger partial charge on any atom is -0.326 e. The zero-order valence-corrected chi connectivity index (χ0v) is 11.7. The summed E-state index contributed by atoms with van der Waals surface area (Å²) >= 11 is 0. The number of hydrogen-bond donors (Lipinski definition) is 2. The van der Waals surface area contributed by atoms with Crippen LogP contribution in [0.5, 0.6) is 0 Å². The summed E-state index contributed by atoms with van der Waals surface area (Å²) < 4.78 is 0. The molecule has 18 heavy (non-hydrogen) atoms. The molecule has 2 aliphatic rings. The molecule has 0 radical (unpaired) electrons. The molecule has 0 aromatic heterocycles. The van der Waals surface area contributed by atoms with Crippen LogP contribution < -0.4 is 11.1 Å². The summed E-state index contributed by atoms with van der Waals surface area (Å²) in [6.45, 7) is 3.95. The number of nitrogens with zero attached hydrogens (tertiary/aromatic N) is 1. The van der Waals surface area contributed by atoms with Crippen LogP contribution in [-0.4, -0.2) is 48.9 Å². The van der Waals surface area contributed by atoms with E-state index < -0.39 is 0 Å². The highest BCUT2D eigenvalue weighted by atomic mass is 16.1. The highest BCUT2D eigenvalue weighted by Gasteiger charge is 2.35. The highest BCUT2D eigenvalue weighted by Crippen LogP contribution is 2.29. The van der Waals surface area contributed by atoms with Crippen LogP contribution in [0.15, 0.2) is 0 Å². The van der Waals surface area contributed by atoms with E-state index in [0.29, 0.717) is 17.9 Å². The largest absolute Gasteiger partial charge is 0.326 e. The van der Waals surface area contributed by atoms with Crippen molar-refractivity contribution < 1.29 is 4.79 Å². The number of carbonyl (C=O) groups excluding carboxylic acids is 1. The van der Waals surface area contributed by atoms with Crippen molar-refractivity contribution in [3.05, 3.63) is 0 Å². The molecular weight excluding hydrogens is 226 g/mol. The van der Waals surface area contributed by atoms with E-state index in [9.17, 15) is 4.79 Å². The Morgan fingerprint density at radius 2 is 2.11 bits per heavy atom. The molecule has 1 saturated heterocycles. The van der Waals surface area contributed by atoms with Crippen LogP contribution in [0, 0.1) is 5.92 Å². The maximum Gasteiger partial charge on any atom is 0.132 e. The lowest BCUT2D eigenvalue weighted by atomic mass is 9.79. The normalized spacial score (nSPS) is 38.6. The van der Waals surface area contributed by atoms with Gasteiger partial charge in [-0.05, 0) is 52.6 Å². The molecular formula is C14H27N3O. The van der Waals surface area contributed by atoms with Crippen LogP contribution in [0.1, 0.15) is 39.0 Å². The Labute approximate surface area is 110 Å². The van der Waals surface area contributed by atoms with E-state index in [0.717, 1.165) is 32.4 Å². The average molecular weight is 253 g/mol. The fourth-order valence-electron chi connectivity index (χ4n) is 3.50. The van der Waals surface area contributed by atoms with E-state index in [2.05, 4.69) is 10.2 Å². The van der Waals surface area contributed by atoms with Crippen molar-refractivity contribution in [2.45, 2.75) is 57.2 Å². The van der Waals surface area contributed by atoms with Gasteiger partial charge in [0.1, 0.15) is 5.78 Å². The van der Waals surface area contributed by atoms with Gasteiger partial charge in [-0.3, -0.25) is 9.69 Å². The number of likely N-dealkylation sites (N-methyl/N-ethyl adjacent to an activating group) is 1. The predicted molar refractivity (Wildman–Crippen MR) is 73.4 cm³/mol. The fourth-order valence-corrected chi connectivity index (χ4v) is 3.50. The van der Waals surface area contributed by atoms with Crippen molar-refractivity contribution in [1.29, 1.82) is 0 Å². The van der Waals surface area contributed by atoms with Gasteiger partial charge < -0.3 is 11.1 Å². The number of ketones is 1. The summed E-state index contributed by atoms with van der Waals surface area (Å²) in [6, 6.07) is 1.24. The molecule has 2 fully saturated rings. The maximum absolute atomic E-state index is 11.6. The molecule has 104 valence electrons. The molecule has 1 aliphatic carbocycles. The smallest absolute Gasteiger partial charge is 0.132 e. The summed E-state index contributed by atoms with van der Waals surface area (Å²) in [5.74, 6) is 0.582. The molecule has 0 spiro atoms. The van der Waals surface area contributed by atoms with Gasteiger partial charge in [-0.1, -0.05) is 0 Å². The molecule has 1 aliphatic heterocycles. The SMILES string of the molecule is CNC1CCCN(C2CC(C(C)=O)CCC2N)C1. The van der Waals surface area contributed by atoms with Gasteiger partial charge in [0.15, 0.2) is 0 Å². The maximum atomic E-state index is 11.6. The van der Waals surface area contributed by atoms with Gasteiger partial charge in [-0.2, -0.15) is 0 Å². The number of nitrogens with two attached hydrogens (primary N) is 1. The summed E-state index contributed by atoms with van der Waals surface area (Å²) in [6.07, 6.45) is 5.43. The summed E-state index contributed by atoms with van der Waals surface area (Å²) in [5.41, 5.74) is 6.29. The van der Waals surface area contributed by atoms with E-state index in [1.54, 1.807) is 6.92 Å². The quantitative estimate of drug-likeness (QED) is 0.779. The Bertz CT molecular complexity index is 295. The third-order valence-corrected chi connectivity index (χ3v) is 4.77. The van der Waals surface area contributed by atoms with E-state index in [1.807, 2.05) is 7.05 Å². The van der Waals surface area contributed by atoms with E-state index >= 15 is 0 Å². The van der Waals surface area contributed by atoms with E-state index in [4.69, 9.17) is 5.73 Å². The number of piperidine rings is 1. The Balaban J connectivity index is 1.98. The third kappa shape index (κ3) is 3.11. The van der Waals surface area contributed by atoms with Gasteiger partial charge in [0.25, 0.3) is 0 Å². The first-order valence-corrected chi connectivity index (χ1v) is 7.29. The number of nitrogens with one attached hydrogen (secondary N) is 1. The molecule has 0 amide bonds. The Kier molecular flexibility index (Phi) is 4.76. The molecule has 1 saturated carbocycles. The Morgan fingerprint density at radius 3 is 2.78 bits per heavy atom. The summed E-state index contributed by atoms with van der Waals surface area (Å²) in [7, 11) is 2.04. The first-order chi connectivity index (χ1) is 8.61. The lowest BCUT2D eigenvalue weighted by molar-refractivity contribution is -0.122. The number of rotatable bonds is 3. The molecule has 0 bridgehead atoms. The van der Waals surface area contributed by atoms with Gasteiger partial charge in [0.2, 0.25) is 0 Å². The van der Waals surface area contributed by atoms with Crippen LogP contribution in [-0.2, 0) is 4.79 Å². The van der Waals surface area contributed by atoms with Gasteiger partial charge in [0, 0.05) is 30.6 Å². The molecule has 1 heterocycles. The van der Waals surface area contributed by atoms with Gasteiger partial charge in [0.05, 0.1) is 0 Å². The van der Waals surface area contributed by atoms with Gasteiger partial charge in [-0.25, -0.2) is 0 Å². The molecule has 0 aromatic rings. The van der Waals surface area contributed by atoms with Crippen molar-refractivity contribution in [3.8, 4) is 0 Å². The second kappa shape index (κ2) is 6.13. The van der Waals surface area contributed by atoms with Crippen LogP contribution in [0.3, 0.4) is 0 Å². The van der Waals surface area contributed by atoms with E-state index in [-0.39, 0.29) is 12.0 Å². The number of carbonyl (C=O) groups is 1. The van der Waals surface area contributed by atoms with Crippen molar-refractivity contribution in [2.24, 2.45) is 11.7 Å². The van der Waals surface area contributed by atoms with Crippen molar-refractivity contribution >= 4 is 5.78 Å². The topological polar surface area (TPSA) is 58.4 Å². The Hall–Kier alpha value is -0.450. The standard InChI is InChI=1S/C14H27N3O/c1-10(18)11-5-6-13(15)14(8-11)17-7-3-4-12(9-17)16-2/h11-14,16H,3-9,15H2,1-2H3. The lowest BCUT2D eigenvalue weighted by Gasteiger charge is -2.44. The monoisotopic (exact) mass is 253 g/mol. The molecule has 4 atom stereocenters. The van der Waals surface area contributed by atoms with Crippen LogP contribution in [0.2, 0.25) is 0 Å². The molecule has 2 rings (SSSR count). The molecule has 0 aromatic carbocycles. The van der Waals surface area contributed by atoms with Gasteiger partial charge in [-0.15, -0.1) is 0 Å². The van der Waals surface area contributed by atoms with Crippen LogP contribution in [0.25, 0.3) is 0 Å². The van der Waals surface area contributed by atoms with Crippen molar-refractivity contribution in [3.63, 3.8) is 0 Å². The van der Waals surface area contributed by atoms with Gasteiger partial charge >= 0.3 is 0 Å². The molecule has 3 N–H and O–H groups in total. The number of hydrogen-bond acceptors (Lipinski definition) is 4. The molecule has 4 heteroatoms. The fraction of sp³-hybridized carbons (Fsp3) is 0.929. The van der Waals surface area contributed by atoms with E-state index in [1.165, 1.54) is 12.8 Å². The average Bonchev–Trinajstić information content (AvgIpc) is 2.39. The minimum atomic E-state index is 0.241. The molecule has 4 unspecified atom stereocenters. The number of Topliss-reactive ketones (excluding diaryl/α,β-unsaturated/α-hetero) is 1. The summed E-state index contributed by atoms with van der Waals surface area (Å²) in [5, 5.41) is 3.37. The third-order valence-electron chi connectivity index (χ3n) is 4.77. The molecule has 4 nitrogen and oxygen atoms in total. The number of likely N-dealkylation sites (tertiary alicyclic amines) is 1. The zero-order valence-electron chi connectivity index (χ0n) is 11.7.